The van der Waals surface area contributed by atoms with Gasteiger partial charge < -0.3 is 10.6 Å². The van der Waals surface area contributed by atoms with Gasteiger partial charge in [0.15, 0.2) is 0 Å². The Kier molecular flexibility index (Phi) is 5.15. The van der Waals surface area contributed by atoms with Crippen molar-refractivity contribution in [2.24, 2.45) is 5.92 Å². The second-order valence-electron chi connectivity index (χ2n) is 8.35. The van der Waals surface area contributed by atoms with E-state index in [1.807, 2.05) is 0 Å². The van der Waals surface area contributed by atoms with Crippen molar-refractivity contribution >= 4 is 5.82 Å². The summed E-state index contributed by atoms with van der Waals surface area (Å²) in [4.78, 5) is 9.17. The molecule has 5 rings (SSSR count). The molecule has 3 aliphatic rings. The van der Waals surface area contributed by atoms with Crippen LogP contribution in [-0.4, -0.2) is 35.1 Å². The number of rotatable bonds is 4. The normalized spacial score (nSPS) is 31.6. The summed E-state index contributed by atoms with van der Waals surface area (Å²) in [5.41, 5.74) is 7.81. The molecule has 154 valence electrons. The van der Waals surface area contributed by atoms with E-state index in [2.05, 4.69) is 26.5 Å². The van der Waals surface area contributed by atoms with Crippen molar-refractivity contribution in [1.82, 2.24) is 26.1 Å². The lowest BCUT2D eigenvalue weighted by Gasteiger charge is -2.33. The van der Waals surface area contributed by atoms with Crippen LogP contribution in [0.2, 0.25) is 0 Å². The molecule has 1 aromatic carbocycles. The predicted molar refractivity (Wildman–Crippen MR) is 106 cm³/mol. The summed E-state index contributed by atoms with van der Waals surface area (Å²) >= 11 is 0. The van der Waals surface area contributed by atoms with Gasteiger partial charge in [0.05, 0.1) is 24.1 Å². The fraction of sp³-hybridized carbons (Fsp3) is 0.524. The Bertz CT molecular complexity index is 852. The molecule has 0 radical (unpaired) electrons. The van der Waals surface area contributed by atoms with E-state index in [1.54, 1.807) is 12.4 Å². The van der Waals surface area contributed by atoms with Gasteiger partial charge in [-0.3, -0.25) is 10.4 Å². The number of nitrogens with zero attached hydrogens (tertiary/aromatic N) is 2. The molecule has 1 aliphatic carbocycles. The van der Waals surface area contributed by atoms with Gasteiger partial charge in [-0.2, -0.15) is 0 Å². The standard InChI is InChI=1S/C21H26F2N6/c22-15-2-1-3-16(23)20(15)12-4-5-17-14(8-12)21(29-28-17)18-10-25-11-19(27-18)26-13-6-7-24-9-13/h1-3,10-14,17,21,24,28-29H,4-9H2,(H,26,27). The molecule has 1 saturated carbocycles. The number of hydrogen-bond acceptors (Lipinski definition) is 6. The van der Waals surface area contributed by atoms with E-state index in [4.69, 9.17) is 4.98 Å². The minimum absolute atomic E-state index is 0.0337. The first kappa shape index (κ1) is 18.8. The van der Waals surface area contributed by atoms with E-state index in [0.29, 0.717) is 12.5 Å². The van der Waals surface area contributed by atoms with Crippen LogP contribution in [0.15, 0.2) is 30.6 Å². The number of fused-ring (bicyclic) bond motifs is 1. The highest BCUT2D eigenvalue weighted by Crippen LogP contribution is 2.44. The quantitative estimate of drug-likeness (QED) is 0.632. The monoisotopic (exact) mass is 400 g/mol. The molecule has 5 unspecified atom stereocenters. The minimum atomic E-state index is -0.444. The summed E-state index contributed by atoms with van der Waals surface area (Å²) in [6.07, 6.45) is 6.94. The van der Waals surface area contributed by atoms with E-state index in [1.165, 1.54) is 18.2 Å². The van der Waals surface area contributed by atoms with Crippen LogP contribution in [0.4, 0.5) is 14.6 Å². The van der Waals surface area contributed by atoms with Crippen LogP contribution >= 0.6 is 0 Å². The molecule has 0 amide bonds. The molecule has 3 heterocycles. The zero-order valence-electron chi connectivity index (χ0n) is 16.2. The molecular weight excluding hydrogens is 374 g/mol. The maximum atomic E-state index is 14.3. The topological polar surface area (TPSA) is 73.9 Å². The molecule has 4 N–H and O–H groups in total. The summed E-state index contributed by atoms with van der Waals surface area (Å²) in [5.74, 6) is -0.0416. The fourth-order valence-corrected chi connectivity index (χ4v) is 5.10. The van der Waals surface area contributed by atoms with Crippen molar-refractivity contribution in [2.45, 2.75) is 49.7 Å². The van der Waals surface area contributed by atoms with E-state index in [9.17, 15) is 8.78 Å². The molecular formula is C21H26F2N6. The number of anilines is 1. The fourth-order valence-electron chi connectivity index (χ4n) is 5.10. The first-order valence-electron chi connectivity index (χ1n) is 10.4. The van der Waals surface area contributed by atoms with Gasteiger partial charge in [-0.05, 0) is 56.2 Å². The first-order chi connectivity index (χ1) is 14.2. The Morgan fingerprint density at radius 2 is 1.90 bits per heavy atom. The SMILES string of the molecule is Fc1cccc(F)c1C1CCC2NNC(c3cncc(NC4CCNC4)n3)C2C1. The molecule has 5 atom stereocenters. The second kappa shape index (κ2) is 7.93. The average molecular weight is 400 g/mol. The maximum absolute atomic E-state index is 14.3. The number of aromatic nitrogens is 2. The molecule has 1 aromatic heterocycles. The highest BCUT2D eigenvalue weighted by Gasteiger charge is 2.43. The zero-order valence-corrected chi connectivity index (χ0v) is 16.2. The van der Waals surface area contributed by atoms with Crippen molar-refractivity contribution < 1.29 is 8.78 Å². The summed E-state index contributed by atoms with van der Waals surface area (Å²) in [6.45, 7) is 1.94. The first-order valence-corrected chi connectivity index (χ1v) is 10.4. The smallest absolute Gasteiger partial charge is 0.145 e. The van der Waals surface area contributed by atoms with Crippen LogP contribution in [0.5, 0.6) is 0 Å². The molecule has 2 aromatic rings. The van der Waals surface area contributed by atoms with Gasteiger partial charge in [0.2, 0.25) is 0 Å². The number of nitrogens with one attached hydrogen (secondary N) is 4. The van der Waals surface area contributed by atoms with Crippen molar-refractivity contribution in [3.8, 4) is 0 Å². The van der Waals surface area contributed by atoms with E-state index < -0.39 is 11.6 Å². The molecule has 6 nitrogen and oxygen atoms in total. The van der Waals surface area contributed by atoms with Crippen LogP contribution in [-0.2, 0) is 0 Å². The van der Waals surface area contributed by atoms with Crippen LogP contribution in [0, 0.1) is 17.6 Å². The van der Waals surface area contributed by atoms with Crippen molar-refractivity contribution in [3.63, 3.8) is 0 Å². The molecule has 0 spiro atoms. The molecule has 2 saturated heterocycles. The van der Waals surface area contributed by atoms with Gasteiger partial charge in [-0.1, -0.05) is 6.07 Å². The van der Waals surface area contributed by atoms with Crippen molar-refractivity contribution in [2.75, 3.05) is 18.4 Å². The summed E-state index contributed by atoms with van der Waals surface area (Å²) < 4.78 is 28.7. The predicted octanol–water partition coefficient (Wildman–Crippen LogP) is 2.63. The van der Waals surface area contributed by atoms with Crippen molar-refractivity contribution in [1.29, 1.82) is 0 Å². The summed E-state index contributed by atoms with van der Waals surface area (Å²) in [5, 5.41) is 6.78. The Morgan fingerprint density at radius 1 is 1.03 bits per heavy atom. The highest BCUT2D eigenvalue weighted by molar-refractivity contribution is 5.35. The average Bonchev–Trinajstić information content (AvgIpc) is 3.37. The van der Waals surface area contributed by atoms with Crippen LogP contribution in [0.1, 0.15) is 48.9 Å². The van der Waals surface area contributed by atoms with Gasteiger partial charge in [-0.15, -0.1) is 0 Å². The third-order valence-electron chi connectivity index (χ3n) is 6.54. The zero-order chi connectivity index (χ0) is 19.8. The van der Waals surface area contributed by atoms with Gasteiger partial charge in [0.1, 0.15) is 17.5 Å². The third-order valence-corrected chi connectivity index (χ3v) is 6.54. The molecule has 8 heteroatoms. The van der Waals surface area contributed by atoms with E-state index >= 15 is 0 Å². The van der Waals surface area contributed by atoms with Crippen LogP contribution < -0.4 is 21.5 Å². The van der Waals surface area contributed by atoms with Gasteiger partial charge in [0.25, 0.3) is 0 Å². The Balaban J connectivity index is 1.35. The van der Waals surface area contributed by atoms with Gasteiger partial charge >= 0.3 is 0 Å². The van der Waals surface area contributed by atoms with Gasteiger partial charge in [-0.25, -0.2) is 19.2 Å². The van der Waals surface area contributed by atoms with Crippen LogP contribution in [0.3, 0.4) is 0 Å². The maximum Gasteiger partial charge on any atom is 0.145 e. The number of hydrogen-bond donors (Lipinski definition) is 4. The molecule has 0 bridgehead atoms. The summed E-state index contributed by atoms with van der Waals surface area (Å²) in [7, 11) is 0. The Labute approximate surface area is 168 Å². The lowest BCUT2D eigenvalue weighted by Crippen LogP contribution is -2.35. The van der Waals surface area contributed by atoms with Crippen molar-refractivity contribution in [3.05, 3.63) is 53.5 Å². The third kappa shape index (κ3) is 3.72. The Hall–Kier alpha value is -2.16. The molecule has 3 fully saturated rings. The molecule has 2 aliphatic heterocycles. The number of halogens is 2. The number of benzene rings is 1. The Morgan fingerprint density at radius 3 is 2.69 bits per heavy atom. The minimum Gasteiger partial charge on any atom is -0.365 e. The van der Waals surface area contributed by atoms with E-state index in [0.717, 1.165) is 43.9 Å². The molecule has 29 heavy (non-hydrogen) atoms. The summed E-state index contributed by atoms with van der Waals surface area (Å²) in [6, 6.07) is 4.73. The number of hydrazine groups is 1. The highest BCUT2D eigenvalue weighted by atomic mass is 19.1. The lowest BCUT2D eigenvalue weighted by atomic mass is 9.73. The van der Waals surface area contributed by atoms with Gasteiger partial charge in [0, 0.05) is 24.2 Å². The largest absolute Gasteiger partial charge is 0.365 e. The lowest BCUT2D eigenvalue weighted by molar-refractivity contribution is 0.269. The van der Waals surface area contributed by atoms with Crippen LogP contribution in [0.25, 0.3) is 0 Å². The van der Waals surface area contributed by atoms with E-state index in [-0.39, 0.29) is 29.5 Å². The second-order valence-corrected chi connectivity index (χ2v) is 8.35.